The SMILES string of the molecule is COC(=O)CCc1c(C)nn(-c2ccc(C(=O)Nc3nc(-c4cc(OC)ccc4OC)cs3)cc2)c1C. The van der Waals surface area contributed by atoms with Gasteiger partial charge in [0.2, 0.25) is 0 Å². The van der Waals surface area contributed by atoms with Crippen molar-refractivity contribution in [2.75, 3.05) is 26.6 Å². The van der Waals surface area contributed by atoms with Crippen LogP contribution in [0.15, 0.2) is 47.8 Å². The monoisotopic (exact) mass is 520 g/mol. The van der Waals surface area contributed by atoms with Crippen LogP contribution in [0.5, 0.6) is 11.5 Å². The first-order valence-corrected chi connectivity index (χ1v) is 12.4. The molecule has 0 aliphatic carbocycles. The number of anilines is 1. The van der Waals surface area contributed by atoms with Crippen molar-refractivity contribution in [3.05, 3.63) is 70.4 Å². The van der Waals surface area contributed by atoms with Gasteiger partial charge in [0.25, 0.3) is 5.91 Å². The Hall–Kier alpha value is -4.18. The zero-order chi connectivity index (χ0) is 26.5. The third-order valence-electron chi connectivity index (χ3n) is 6.03. The highest BCUT2D eigenvalue weighted by atomic mass is 32.1. The summed E-state index contributed by atoms with van der Waals surface area (Å²) in [7, 11) is 4.58. The van der Waals surface area contributed by atoms with E-state index in [1.807, 2.05) is 54.2 Å². The van der Waals surface area contributed by atoms with E-state index >= 15 is 0 Å². The summed E-state index contributed by atoms with van der Waals surface area (Å²) < 4.78 is 17.3. The van der Waals surface area contributed by atoms with Crippen molar-refractivity contribution in [3.8, 4) is 28.4 Å². The van der Waals surface area contributed by atoms with Gasteiger partial charge in [-0.1, -0.05) is 0 Å². The minimum atomic E-state index is -0.266. The first-order chi connectivity index (χ1) is 17.8. The average Bonchev–Trinajstić information content (AvgIpc) is 3.50. The molecule has 0 saturated carbocycles. The molecule has 37 heavy (non-hydrogen) atoms. The fraction of sp³-hybridized carbons (Fsp3) is 0.259. The van der Waals surface area contributed by atoms with E-state index in [0.717, 1.165) is 28.2 Å². The van der Waals surface area contributed by atoms with E-state index in [1.165, 1.54) is 18.4 Å². The van der Waals surface area contributed by atoms with Crippen LogP contribution in [0, 0.1) is 13.8 Å². The van der Waals surface area contributed by atoms with Crippen LogP contribution in [0.1, 0.15) is 33.7 Å². The van der Waals surface area contributed by atoms with Gasteiger partial charge < -0.3 is 14.2 Å². The van der Waals surface area contributed by atoms with Crippen LogP contribution in [-0.2, 0) is 16.0 Å². The van der Waals surface area contributed by atoms with Gasteiger partial charge in [0.15, 0.2) is 5.13 Å². The molecule has 4 aromatic rings. The first kappa shape index (κ1) is 25.9. The maximum atomic E-state index is 12.9. The number of benzene rings is 2. The van der Waals surface area contributed by atoms with Gasteiger partial charge in [0.1, 0.15) is 11.5 Å². The summed E-state index contributed by atoms with van der Waals surface area (Å²) in [6.07, 6.45) is 0.855. The summed E-state index contributed by atoms with van der Waals surface area (Å²) >= 11 is 1.33. The van der Waals surface area contributed by atoms with Gasteiger partial charge in [-0.2, -0.15) is 5.10 Å². The highest BCUT2D eigenvalue weighted by Gasteiger charge is 2.16. The zero-order valence-electron chi connectivity index (χ0n) is 21.3. The van der Waals surface area contributed by atoms with Crippen LogP contribution in [0.4, 0.5) is 5.13 Å². The lowest BCUT2D eigenvalue weighted by Crippen LogP contribution is -2.12. The Kier molecular flexibility index (Phi) is 7.88. The van der Waals surface area contributed by atoms with Crippen molar-refractivity contribution in [3.63, 3.8) is 0 Å². The normalized spacial score (nSPS) is 10.7. The number of carbonyl (C=O) groups excluding carboxylic acids is 2. The third kappa shape index (κ3) is 5.64. The molecule has 10 heteroatoms. The van der Waals surface area contributed by atoms with Gasteiger partial charge in [-0.25, -0.2) is 9.67 Å². The predicted molar refractivity (Wildman–Crippen MR) is 142 cm³/mol. The Morgan fingerprint density at radius 2 is 1.78 bits per heavy atom. The second kappa shape index (κ2) is 11.3. The molecule has 2 aromatic carbocycles. The number of esters is 1. The molecule has 1 N–H and O–H groups in total. The lowest BCUT2D eigenvalue weighted by Gasteiger charge is -2.08. The third-order valence-corrected chi connectivity index (χ3v) is 6.79. The van der Waals surface area contributed by atoms with E-state index in [1.54, 1.807) is 26.4 Å². The highest BCUT2D eigenvalue weighted by Crippen LogP contribution is 2.35. The molecular formula is C27H28N4O5S. The molecule has 0 spiro atoms. The second-order valence-electron chi connectivity index (χ2n) is 8.24. The molecular weight excluding hydrogens is 492 g/mol. The summed E-state index contributed by atoms with van der Waals surface area (Å²) in [6.45, 7) is 3.88. The van der Waals surface area contributed by atoms with Crippen molar-refractivity contribution >= 4 is 28.3 Å². The maximum Gasteiger partial charge on any atom is 0.305 e. The molecule has 2 aromatic heterocycles. The molecule has 0 saturated heterocycles. The standard InChI is InChI=1S/C27H28N4O5S/c1-16-21(11-13-25(32)36-5)17(2)31(30-16)19-8-6-18(7-9-19)26(33)29-27-28-23(15-37-27)22-14-20(34-3)10-12-24(22)35-4/h6-10,12,14-15H,11,13H2,1-5H3,(H,28,29,33). The Labute approximate surface area is 219 Å². The molecule has 0 atom stereocenters. The Morgan fingerprint density at radius 3 is 2.46 bits per heavy atom. The van der Waals surface area contributed by atoms with E-state index in [4.69, 9.17) is 14.2 Å². The number of hydrogen-bond acceptors (Lipinski definition) is 8. The summed E-state index contributed by atoms with van der Waals surface area (Å²) in [6, 6.07) is 12.6. The van der Waals surface area contributed by atoms with Crippen LogP contribution >= 0.6 is 11.3 Å². The number of nitrogens with one attached hydrogen (secondary N) is 1. The van der Waals surface area contributed by atoms with Gasteiger partial charge in [-0.05, 0) is 68.3 Å². The van der Waals surface area contributed by atoms with Crippen molar-refractivity contribution in [2.24, 2.45) is 0 Å². The van der Waals surface area contributed by atoms with E-state index in [0.29, 0.717) is 40.7 Å². The molecule has 0 radical (unpaired) electrons. The maximum absolute atomic E-state index is 12.9. The van der Waals surface area contributed by atoms with E-state index in [9.17, 15) is 9.59 Å². The Morgan fingerprint density at radius 1 is 1.03 bits per heavy atom. The molecule has 9 nitrogen and oxygen atoms in total. The van der Waals surface area contributed by atoms with Crippen LogP contribution in [0.25, 0.3) is 16.9 Å². The number of aromatic nitrogens is 3. The Balaban J connectivity index is 1.48. The summed E-state index contributed by atoms with van der Waals surface area (Å²) in [4.78, 5) is 29.0. The number of hydrogen-bond donors (Lipinski definition) is 1. The van der Waals surface area contributed by atoms with Gasteiger partial charge >= 0.3 is 5.97 Å². The minimum Gasteiger partial charge on any atom is -0.497 e. The molecule has 0 bridgehead atoms. The number of aryl methyl sites for hydroxylation is 1. The van der Waals surface area contributed by atoms with Crippen LogP contribution in [0.2, 0.25) is 0 Å². The molecule has 2 heterocycles. The fourth-order valence-corrected chi connectivity index (χ4v) is 4.72. The molecule has 0 aliphatic heterocycles. The van der Waals surface area contributed by atoms with Crippen molar-refractivity contribution in [2.45, 2.75) is 26.7 Å². The van der Waals surface area contributed by atoms with Crippen LogP contribution < -0.4 is 14.8 Å². The minimum absolute atomic E-state index is 0.253. The molecule has 192 valence electrons. The van der Waals surface area contributed by atoms with Gasteiger partial charge in [0, 0.05) is 28.6 Å². The largest absolute Gasteiger partial charge is 0.497 e. The van der Waals surface area contributed by atoms with Crippen LogP contribution in [-0.4, -0.2) is 48.0 Å². The number of ether oxygens (including phenoxy) is 3. The molecule has 0 aliphatic rings. The lowest BCUT2D eigenvalue weighted by molar-refractivity contribution is -0.140. The van der Waals surface area contributed by atoms with E-state index in [2.05, 4.69) is 15.4 Å². The summed E-state index contributed by atoms with van der Waals surface area (Å²) in [5, 5.41) is 9.81. The average molecular weight is 521 g/mol. The Bertz CT molecular complexity index is 1430. The van der Waals surface area contributed by atoms with E-state index in [-0.39, 0.29) is 11.9 Å². The second-order valence-corrected chi connectivity index (χ2v) is 9.10. The lowest BCUT2D eigenvalue weighted by atomic mass is 10.1. The van der Waals surface area contributed by atoms with Gasteiger partial charge in [-0.3, -0.25) is 14.9 Å². The van der Waals surface area contributed by atoms with Crippen molar-refractivity contribution < 1.29 is 23.8 Å². The predicted octanol–water partition coefficient (Wildman–Crippen LogP) is 4.99. The number of nitrogens with zero attached hydrogens (tertiary/aromatic N) is 3. The fourth-order valence-electron chi connectivity index (χ4n) is 4.01. The van der Waals surface area contributed by atoms with E-state index < -0.39 is 0 Å². The molecule has 0 fully saturated rings. The van der Waals surface area contributed by atoms with Crippen molar-refractivity contribution in [1.82, 2.24) is 14.8 Å². The zero-order valence-corrected chi connectivity index (χ0v) is 22.1. The van der Waals surface area contributed by atoms with Gasteiger partial charge in [-0.15, -0.1) is 11.3 Å². The highest BCUT2D eigenvalue weighted by molar-refractivity contribution is 7.14. The molecule has 1 amide bonds. The smallest absolute Gasteiger partial charge is 0.305 e. The first-order valence-electron chi connectivity index (χ1n) is 11.6. The topological polar surface area (TPSA) is 105 Å². The number of rotatable bonds is 9. The summed E-state index contributed by atoms with van der Waals surface area (Å²) in [5.41, 5.74) is 5.59. The number of carbonyl (C=O) groups is 2. The number of thiazole rings is 1. The summed E-state index contributed by atoms with van der Waals surface area (Å²) in [5.74, 6) is 0.832. The number of amides is 1. The molecule has 0 unspecified atom stereocenters. The van der Waals surface area contributed by atoms with Gasteiger partial charge in [0.05, 0.1) is 38.4 Å². The van der Waals surface area contributed by atoms with Crippen LogP contribution in [0.3, 0.4) is 0 Å². The van der Waals surface area contributed by atoms with Crippen molar-refractivity contribution in [1.29, 1.82) is 0 Å². The molecule has 4 rings (SSSR count). The quantitative estimate of drug-likeness (QED) is 0.310. The number of methoxy groups -OCH3 is 3.